The van der Waals surface area contributed by atoms with Crippen molar-refractivity contribution < 1.29 is 14.3 Å². The molecule has 7 nitrogen and oxygen atoms in total. The van der Waals surface area contributed by atoms with Crippen LogP contribution in [0.4, 0.5) is 4.79 Å². The molecule has 7 heteroatoms. The molecule has 3 rings (SSSR count). The topological polar surface area (TPSA) is 66.4 Å². The lowest BCUT2D eigenvalue weighted by Gasteiger charge is -2.39. The van der Waals surface area contributed by atoms with Crippen LogP contribution in [0.5, 0.6) is 5.75 Å². The molecule has 1 fully saturated rings. The van der Waals surface area contributed by atoms with Crippen LogP contribution in [0.25, 0.3) is 0 Å². The van der Waals surface area contributed by atoms with Crippen molar-refractivity contribution in [2.45, 2.75) is 39.0 Å². The summed E-state index contributed by atoms with van der Waals surface area (Å²) < 4.78 is 10.7. The fourth-order valence-corrected chi connectivity index (χ4v) is 3.19. The van der Waals surface area contributed by atoms with Gasteiger partial charge in [0.15, 0.2) is 5.96 Å². The molecule has 1 atom stereocenters. The molecular formula is C19H28N4O3. The molecule has 0 spiro atoms. The fourth-order valence-electron chi connectivity index (χ4n) is 3.19. The van der Waals surface area contributed by atoms with Crippen molar-refractivity contribution in [3.63, 3.8) is 0 Å². The Morgan fingerprint density at radius 3 is 2.88 bits per heavy atom. The van der Waals surface area contributed by atoms with Gasteiger partial charge in [-0.15, -0.1) is 0 Å². The predicted octanol–water partition coefficient (Wildman–Crippen LogP) is 2.08. The van der Waals surface area contributed by atoms with Gasteiger partial charge in [0, 0.05) is 26.2 Å². The number of rotatable bonds is 3. The van der Waals surface area contributed by atoms with E-state index in [1.165, 1.54) is 0 Å². The maximum absolute atomic E-state index is 12.3. The number of benzene rings is 1. The number of nitrogens with one attached hydrogen (secondary N) is 1. The molecule has 2 heterocycles. The Morgan fingerprint density at radius 2 is 2.15 bits per heavy atom. The normalized spacial score (nSPS) is 19.7. The molecule has 1 N–H and O–H groups in total. The van der Waals surface area contributed by atoms with Crippen LogP contribution in [0.2, 0.25) is 0 Å². The number of piperazine rings is 1. The van der Waals surface area contributed by atoms with Crippen molar-refractivity contribution >= 4 is 12.1 Å². The number of fused-ring (bicyclic) bond motifs is 1. The average molecular weight is 360 g/mol. The van der Waals surface area contributed by atoms with Crippen molar-refractivity contribution in [3.8, 4) is 5.75 Å². The number of nitrogens with zero attached hydrogens (tertiary/aromatic N) is 3. The zero-order valence-electron chi connectivity index (χ0n) is 16.0. The lowest BCUT2D eigenvalue weighted by Crippen LogP contribution is -2.57. The van der Waals surface area contributed by atoms with Crippen molar-refractivity contribution in [2.24, 2.45) is 4.99 Å². The van der Waals surface area contributed by atoms with Crippen LogP contribution in [0.15, 0.2) is 29.3 Å². The molecule has 1 amide bonds. The number of amides is 1. The molecule has 2 aliphatic rings. The van der Waals surface area contributed by atoms with Crippen molar-refractivity contribution in [2.75, 3.05) is 33.3 Å². The highest BCUT2D eigenvalue weighted by atomic mass is 16.6. The van der Waals surface area contributed by atoms with Gasteiger partial charge in [-0.1, -0.05) is 12.1 Å². The first-order valence-electron chi connectivity index (χ1n) is 9.01. The SMILES string of the molecule is COc1cccc(CNC2=NCC3CN(C(=O)OC(C)(C)C)CCN23)c1. The number of methoxy groups -OCH3 is 1. The van der Waals surface area contributed by atoms with E-state index in [9.17, 15) is 4.79 Å². The van der Waals surface area contributed by atoms with E-state index in [0.717, 1.165) is 23.8 Å². The Balaban J connectivity index is 1.53. The van der Waals surface area contributed by atoms with Crippen LogP contribution in [0.1, 0.15) is 26.3 Å². The predicted molar refractivity (Wildman–Crippen MR) is 100 cm³/mol. The Hall–Kier alpha value is -2.44. The summed E-state index contributed by atoms with van der Waals surface area (Å²) in [7, 11) is 1.67. The number of carbonyl (C=O) groups excluding carboxylic acids is 1. The Morgan fingerprint density at radius 1 is 1.35 bits per heavy atom. The lowest BCUT2D eigenvalue weighted by atomic mass is 10.2. The van der Waals surface area contributed by atoms with E-state index in [0.29, 0.717) is 26.2 Å². The number of carbonyl (C=O) groups is 1. The molecule has 0 saturated carbocycles. The van der Waals surface area contributed by atoms with Gasteiger partial charge in [-0.2, -0.15) is 0 Å². The van der Waals surface area contributed by atoms with E-state index in [-0.39, 0.29) is 12.1 Å². The number of aliphatic imine (C=N–C) groups is 1. The van der Waals surface area contributed by atoms with E-state index < -0.39 is 5.60 Å². The van der Waals surface area contributed by atoms with E-state index in [1.54, 1.807) is 12.0 Å². The molecule has 1 aromatic rings. The smallest absolute Gasteiger partial charge is 0.410 e. The highest BCUT2D eigenvalue weighted by molar-refractivity contribution is 5.82. The molecule has 0 radical (unpaired) electrons. The van der Waals surface area contributed by atoms with Crippen LogP contribution in [0, 0.1) is 0 Å². The standard InChI is InChI=1S/C19H28N4O3/c1-19(2,3)26-18(24)22-8-9-23-15(13-22)12-21-17(23)20-11-14-6-5-7-16(10-14)25-4/h5-7,10,15H,8-9,11-13H2,1-4H3,(H,20,21). The van der Waals surface area contributed by atoms with Gasteiger partial charge in [0.2, 0.25) is 0 Å². The Kier molecular flexibility index (Phi) is 5.25. The van der Waals surface area contributed by atoms with E-state index in [4.69, 9.17) is 9.47 Å². The summed E-state index contributed by atoms with van der Waals surface area (Å²) in [6.07, 6.45) is -0.241. The first kappa shape index (κ1) is 18.4. The molecule has 1 saturated heterocycles. The van der Waals surface area contributed by atoms with Gasteiger partial charge in [0.25, 0.3) is 0 Å². The summed E-state index contributed by atoms with van der Waals surface area (Å²) in [4.78, 5) is 20.9. The summed E-state index contributed by atoms with van der Waals surface area (Å²) >= 11 is 0. The molecule has 142 valence electrons. The lowest BCUT2D eigenvalue weighted by molar-refractivity contribution is 0.0137. The van der Waals surface area contributed by atoms with Crippen molar-refractivity contribution in [1.29, 1.82) is 0 Å². The summed E-state index contributed by atoms with van der Waals surface area (Å²) in [5, 5.41) is 3.42. The van der Waals surface area contributed by atoms with Gasteiger partial charge in [-0.3, -0.25) is 4.99 Å². The highest BCUT2D eigenvalue weighted by Crippen LogP contribution is 2.19. The minimum atomic E-state index is -0.468. The van der Waals surface area contributed by atoms with E-state index in [2.05, 4.69) is 21.3 Å². The van der Waals surface area contributed by atoms with Gasteiger partial charge in [0.1, 0.15) is 11.4 Å². The molecule has 0 bridgehead atoms. The fraction of sp³-hybridized carbons (Fsp3) is 0.579. The van der Waals surface area contributed by atoms with Crippen LogP contribution < -0.4 is 10.1 Å². The largest absolute Gasteiger partial charge is 0.497 e. The minimum absolute atomic E-state index is 0.212. The Bertz CT molecular complexity index is 684. The molecule has 26 heavy (non-hydrogen) atoms. The zero-order valence-corrected chi connectivity index (χ0v) is 16.0. The quantitative estimate of drug-likeness (QED) is 0.894. The molecule has 0 aromatic heterocycles. The summed E-state index contributed by atoms with van der Waals surface area (Å²) in [6, 6.07) is 8.20. The first-order valence-corrected chi connectivity index (χ1v) is 9.01. The summed E-state index contributed by atoms with van der Waals surface area (Å²) in [5.74, 6) is 1.75. The Labute approximate surface area is 155 Å². The van der Waals surface area contributed by atoms with E-state index >= 15 is 0 Å². The molecule has 2 aliphatic heterocycles. The second kappa shape index (κ2) is 7.43. The summed E-state index contributed by atoms with van der Waals surface area (Å²) in [6.45, 7) is 9.10. The van der Waals surface area contributed by atoms with Gasteiger partial charge < -0.3 is 24.6 Å². The second-order valence-corrected chi connectivity index (χ2v) is 7.64. The number of guanidine groups is 1. The van der Waals surface area contributed by atoms with Crippen LogP contribution >= 0.6 is 0 Å². The highest BCUT2D eigenvalue weighted by Gasteiger charge is 2.36. The zero-order chi connectivity index (χ0) is 18.7. The number of hydrogen-bond acceptors (Lipinski definition) is 6. The first-order chi connectivity index (χ1) is 12.4. The monoisotopic (exact) mass is 360 g/mol. The summed E-state index contributed by atoms with van der Waals surface area (Å²) in [5.41, 5.74) is 0.673. The number of hydrogen-bond donors (Lipinski definition) is 1. The molecule has 1 aromatic carbocycles. The van der Waals surface area contributed by atoms with Crippen LogP contribution in [0.3, 0.4) is 0 Å². The van der Waals surface area contributed by atoms with Crippen molar-refractivity contribution in [3.05, 3.63) is 29.8 Å². The molecule has 1 unspecified atom stereocenters. The van der Waals surface area contributed by atoms with Crippen molar-refractivity contribution in [1.82, 2.24) is 15.1 Å². The second-order valence-electron chi connectivity index (χ2n) is 7.64. The molecule has 0 aliphatic carbocycles. The van der Waals surface area contributed by atoms with Gasteiger partial charge in [0.05, 0.1) is 19.7 Å². The maximum Gasteiger partial charge on any atom is 0.410 e. The third kappa shape index (κ3) is 4.39. The van der Waals surface area contributed by atoms with E-state index in [1.807, 2.05) is 39.0 Å². The number of ether oxygens (including phenoxy) is 2. The third-order valence-corrected chi connectivity index (χ3v) is 4.44. The minimum Gasteiger partial charge on any atom is -0.497 e. The third-order valence-electron chi connectivity index (χ3n) is 4.44. The van der Waals surface area contributed by atoms with Gasteiger partial charge in [-0.25, -0.2) is 4.79 Å². The van der Waals surface area contributed by atoms with Gasteiger partial charge >= 0.3 is 6.09 Å². The van der Waals surface area contributed by atoms with Gasteiger partial charge in [-0.05, 0) is 38.5 Å². The molecular weight excluding hydrogens is 332 g/mol. The maximum atomic E-state index is 12.3. The van der Waals surface area contributed by atoms with Crippen LogP contribution in [-0.2, 0) is 11.3 Å². The average Bonchev–Trinajstić information content (AvgIpc) is 3.01. The van der Waals surface area contributed by atoms with Crippen LogP contribution in [-0.4, -0.2) is 66.8 Å².